The molecular weight excluding hydrogens is 343 g/mol. The molecule has 0 amide bonds. The summed E-state index contributed by atoms with van der Waals surface area (Å²) >= 11 is 0. The summed E-state index contributed by atoms with van der Waals surface area (Å²) in [6, 6.07) is 11.8. The monoisotopic (exact) mass is 361 g/mol. The molecule has 0 heterocycles. The van der Waals surface area contributed by atoms with Crippen LogP contribution in [-0.4, -0.2) is 13.2 Å². The van der Waals surface area contributed by atoms with Gasteiger partial charge in [-0.25, -0.2) is 0 Å². The van der Waals surface area contributed by atoms with Crippen molar-refractivity contribution >= 4 is 11.6 Å². The van der Waals surface area contributed by atoms with E-state index in [1.807, 2.05) is 19.9 Å². The third-order valence-corrected chi connectivity index (χ3v) is 3.50. The highest BCUT2D eigenvalue weighted by Crippen LogP contribution is 2.35. The number of ether oxygens (including phenoxy) is 2. The Morgan fingerprint density at radius 2 is 1.85 bits per heavy atom. The van der Waals surface area contributed by atoms with Crippen LogP contribution in [0.25, 0.3) is 11.6 Å². The fourth-order valence-electron chi connectivity index (χ4n) is 2.37. The van der Waals surface area contributed by atoms with Gasteiger partial charge in [0, 0.05) is 5.56 Å². The van der Waals surface area contributed by atoms with Gasteiger partial charge in [-0.1, -0.05) is 24.3 Å². The molecule has 6 heteroatoms. The number of alkyl halides is 3. The Labute approximate surface area is 150 Å². The Kier molecular flexibility index (Phi) is 5.93. The van der Waals surface area contributed by atoms with Gasteiger partial charge in [-0.15, -0.1) is 0 Å². The van der Waals surface area contributed by atoms with E-state index in [0.717, 1.165) is 12.1 Å². The van der Waals surface area contributed by atoms with Crippen molar-refractivity contribution in [3.8, 4) is 17.6 Å². The van der Waals surface area contributed by atoms with Crippen LogP contribution in [0.1, 0.15) is 30.5 Å². The zero-order valence-electron chi connectivity index (χ0n) is 14.6. The summed E-state index contributed by atoms with van der Waals surface area (Å²) < 4.78 is 49.8. The second kappa shape index (κ2) is 7.96. The number of nitriles is 1. The average molecular weight is 361 g/mol. The molecule has 0 bridgehead atoms. The summed E-state index contributed by atoms with van der Waals surface area (Å²) in [6.07, 6.45) is -3.12. The van der Waals surface area contributed by atoms with Crippen LogP contribution >= 0.6 is 0 Å². The van der Waals surface area contributed by atoms with E-state index in [-0.39, 0.29) is 17.2 Å². The Hall–Kier alpha value is -2.94. The first-order valence-electron chi connectivity index (χ1n) is 7.89. The smallest absolute Gasteiger partial charge is 0.416 e. The van der Waals surface area contributed by atoms with Gasteiger partial charge >= 0.3 is 6.18 Å². The van der Waals surface area contributed by atoms with Crippen molar-refractivity contribution in [3.05, 3.63) is 59.2 Å². The van der Waals surface area contributed by atoms with Gasteiger partial charge in [0.1, 0.15) is 0 Å². The van der Waals surface area contributed by atoms with Crippen LogP contribution in [0, 0.1) is 11.3 Å². The topological polar surface area (TPSA) is 42.2 Å². The third kappa shape index (κ3) is 4.57. The maximum atomic E-state index is 12.9. The highest BCUT2D eigenvalue weighted by molar-refractivity contribution is 5.91. The molecule has 0 spiro atoms. The number of rotatable bonds is 5. The molecule has 0 fully saturated rings. The van der Waals surface area contributed by atoms with Crippen molar-refractivity contribution in [2.75, 3.05) is 7.11 Å². The quantitative estimate of drug-likeness (QED) is 0.517. The van der Waals surface area contributed by atoms with Gasteiger partial charge in [-0.2, -0.15) is 18.4 Å². The molecule has 0 radical (unpaired) electrons. The Balaban J connectivity index is 2.56. The number of hydrogen-bond acceptors (Lipinski definition) is 3. The normalized spacial score (nSPS) is 12.0. The maximum Gasteiger partial charge on any atom is 0.416 e. The summed E-state index contributed by atoms with van der Waals surface area (Å²) in [5, 5.41) is 9.46. The molecule has 2 aromatic rings. The first kappa shape index (κ1) is 19.4. The molecule has 0 aromatic heterocycles. The van der Waals surface area contributed by atoms with Crippen LogP contribution in [0.3, 0.4) is 0 Å². The minimum atomic E-state index is -4.47. The van der Waals surface area contributed by atoms with Gasteiger partial charge < -0.3 is 9.47 Å². The second-order valence-electron chi connectivity index (χ2n) is 5.79. The Bertz CT molecular complexity index is 849. The number of allylic oxidation sites excluding steroid dienone is 1. The molecule has 0 atom stereocenters. The van der Waals surface area contributed by atoms with E-state index in [0.29, 0.717) is 17.1 Å². The lowest BCUT2D eigenvalue weighted by molar-refractivity contribution is -0.137. The predicted molar refractivity (Wildman–Crippen MR) is 93.7 cm³/mol. The maximum absolute atomic E-state index is 12.9. The standard InChI is InChI=1S/C20H18F3NO2/c1-13(2)26-19-15(7-5-9-18(19)25-3)10-16(12-24)14-6-4-8-17(11-14)20(21,22)23/h4-11,13H,1-3H3/b16-10+. The lowest BCUT2D eigenvalue weighted by Gasteiger charge is -2.16. The van der Waals surface area contributed by atoms with E-state index in [4.69, 9.17) is 9.47 Å². The fourth-order valence-corrected chi connectivity index (χ4v) is 2.37. The Morgan fingerprint density at radius 3 is 2.42 bits per heavy atom. The highest BCUT2D eigenvalue weighted by atomic mass is 19.4. The minimum Gasteiger partial charge on any atom is -0.493 e. The van der Waals surface area contributed by atoms with Gasteiger partial charge in [-0.3, -0.25) is 0 Å². The lowest BCUT2D eigenvalue weighted by atomic mass is 10.0. The van der Waals surface area contributed by atoms with E-state index >= 15 is 0 Å². The van der Waals surface area contributed by atoms with Gasteiger partial charge in [0.25, 0.3) is 0 Å². The van der Waals surface area contributed by atoms with Crippen LogP contribution in [-0.2, 0) is 6.18 Å². The molecule has 0 saturated heterocycles. The molecular formula is C20H18F3NO2. The van der Waals surface area contributed by atoms with Gasteiger partial charge in [0.05, 0.1) is 30.4 Å². The van der Waals surface area contributed by atoms with Crippen LogP contribution in [0.15, 0.2) is 42.5 Å². The average Bonchev–Trinajstić information content (AvgIpc) is 2.59. The fraction of sp³-hybridized carbons (Fsp3) is 0.250. The first-order chi connectivity index (χ1) is 12.3. The van der Waals surface area contributed by atoms with Crippen molar-refractivity contribution in [1.29, 1.82) is 5.26 Å². The van der Waals surface area contributed by atoms with E-state index < -0.39 is 11.7 Å². The number of benzene rings is 2. The number of para-hydroxylation sites is 1. The Morgan fingerprint density at radius 1 is 1.15 bits per heavy atom. The first-order valence-corrected chi connectivity index (χ1v) is 7.89. The zero-order chi connectivity index (χ0) is 19.3. The molecule has 0 unspecified atom stereocenters. The van der Waals surface area contributed by atoms with Crippen molar-refractivity contribution in [3.63, 3.8) is 0 Å². The number of nitrogens with zero attached hydrogens (tertiary/aromatic N) is 1. The molecule has 26 heavy (non-hydrogen) atoms. The molecule has 0 aliphatic heterocycles. The second-order valence-corrected chi connectivity index (χ2v) is 5.79. The molecule has 2 rings (SSSR count). The summed E-state index contributed by atoms with van der Waals surface area (Å²) in [4.78, 5) is 0. The van der Waals surface area contributed by atoms with E-state index in [2.05, 4.69) is 0 Å². The third-order valence-electron chi connectivity index (χ3n) is 3.50. The van der Waals surface area contributed by atoms with Crippen LogP contribution < -0.4 is 9.47 Å². The molecule has 0 aliphatic carbocycles. The lowest BCUT2D eigenvalue weighted by Crippen LogP contribution is -2.08. The summed E-state index contributed by atoms with van der Waals surface area (Å²) in [6.45, 7) is 3.69. The largest absolute Gasteiger partial charge is 0.493 e. The molecule has 0 N–H and O–H groups in total. The van der Waals surface area contributed by atoms with Crippen LogP contribution in [0.5, 0.6) is 11.5 Å². The van der Waals surface area contributed by atoms with Crippen molar-refractivity contribution in [1.82, 2.24) is 0 Å². The van der Waals surface area contributed by atoms with E-state index in [1.165, 1.54) is 25.3 Å². The number of halogens is 3. The van der Waals surface area contributed by atoms with Gasteiger partial charge in [-0.05, 0) is 43.7 Å². The van der Waals surface area contributed by atoms with Crippen molar-refractivity contribution in [2.24, 2.45) is 0 Å². The van der Waals surface area contributed by atoms with Gasteiger partial charge in [0.15, 0.2) is 11.5 Å². The zero-order valence-corrected chi connectivity index (χ0v) is 14.6. The van der Waals surface area contributed by atoms with Crippen molar-refractivity contribution in [2.45, 2.75) is 26.1 Å². The molecule has 0 aliphatic rings. The van der Waals surface area contributed by atoms with Gasteiger partial charge in [0.2, 0.25) is 0 Å². The minimum absolute atomic E-state index is 0.0953. The van der Waals surface area contributed by atoms with E-state index in [1.54, 1.807) is 18.2 Å². The highest BCUT2D eigenvalue weighted by Gasteiger charge is 2.30. The molecule has 136 valence electrons. The van der Waals surface area contributed by atoms with Crippen LogP contribution in [0.2, 0.25) is 0 Å². The summed E-state index contributed by atoms with van der Waals surface area (Å²) in [7, 11) is 1.49. The molecule has 2 aromatic carbocycles. The van der Waals surface area contributed by atoms with Crippen LogP contribution in [0.4, 0.5) is 13.2 Å². The summed E-state index contributed by atoms with van der Waals surface area (Å²) in [5.74, 6) is 0.915. The number of methoxy groups -OCH3 is 1. The van der Waals surface area contributed by atoms with Crippen molar-refractivity contribution < 1.29 is 22.6 Å². The molecule has 3 nitrogen and oxygen atoms in total. The van der Waals surface area contributed by atoms with E-state index in [9.17, 15) is 18.4 Å². The summed E-state index contributed by atoms with van der Waals surface area (Å²) in [5.41, 5.74) is 0.0195. The predicted octanol–water partition coefficient (Wildman–Crippen LogP) is 5.57. The SMILES string of the molecule is COc1cccc(/C=C(\C#N)c2cccc(C(F)(F)F)c2)c1OC(C)C. The number of hydrogen-bond donors (Lipinski definition) is 0. The molecule has 0 saturated carbocycles.